The van der Waals surface area contributed by atoms with Gasteiger partial charge in [-0.2, -0.15) is 5.10 Å². The lowest BCUT2D eigenvalue weighted by Crippen LogP contribution is -2.46. The predicted octanol–water partition coefficient (Wildman–Crippen LogP) is 2.28. The van der Waals surface area contributed by atoms with Gasteiger partial charge in [0.05, 0.1) is 18.7 Å². The van der Waals surface area contributed by atoms with Gasteiger partial charge in [0.2, 0.25) is 5.91 Å². The van der Waals surface area contributed by atoms with E-state index in [1.54, 1.807) is 0 Å². The summed E-state index contributed by atoms with van der Waals surface area (Å²) in [6.07, 6.45) is 3.41. The summed E-state index contributed by atoms with van der Waals surface area (Å²) >= 11 is 0. The Morgan fingerprint density at radius 3 is 2.29 bits per heavy atom. The molecule has 0 spiro atoms. The lowest BCUT2D eigenvalue weighted by atomic mass is 10.0. The van der Waals surface area contributed by atoms with Crippen molar-refractivity contribution in [2.75, 3.05) is 19.6 Å². The van der Waals surface area contributed by atoms with E-state index in [1.165, 1.54) is 0 Å². The molecule has 0 atom stereocenters. The Kier molecular flexibility index (Phi) is 6.43. The molecule has 1 fully saturated rings. The molecule has 3 aromatic rings. The third-order valence-electron chi connectivity index (χ3n) is 5.54. The van der Waals surface area contributed by atoms with E-state index < -0.39 is 0 Å². The minimum Gasteiger partial charge on any atom is -0.369 e. The minimum atomic E-state index is -0.319. The molecule has 1 saturated heterocycles. The molecule has 31 heavy (non-hydrogen) atoms. The van der Waals surface area contributed by atoms with Gasteiger partial charge < -0.3 is 11.1 Å². The Hall–Kier alpha value is -3.45. The van der Waals surface area contributed by atoms with Crippen LogP contribution in [0.5, 0.6) is 0 Å². The van der Waals surface area contributed by atoms with Gasteiger partial charge in [-0.1, -0.05) is 60.7 Å². The Morgan fingerprint density at radius 1 is 1.00 bits per heavy atom. The first-order valence-electron chi connectivity index (χ1n) is 10.6. The molecule has 7 heteroatoms. The lowest BCUT2D eigenvalue weighted by molar-refractivity contribution is -0.119. The predicted molar refractivity (Wildman–Crippen MR) is 119 cm³/mol. The van der Waals surface area contributed by atoms with Crippen LogP contribution >= 0.6 is 0 Å². The number of aromatic nitrogens is 2. The first-order valence-corrected chi connectivity index (χ1v) is 10.6. The molecule has 1 aliphatic heterocycles. The lowest BCUT2D eigenvalue weighted by Gasteiger charge is -2.31. The number of nitrogens with one attached hydrogen (secondary N) is 1. The fourth-order valence-electron chi connectivity index (χ4n) is 3.97. The van der Waals surface area contributed by atoms with E-state index in [2.05, 4.69) is 5.32 Å². The fraction of sp³-hybridized carbons (Fsp3) is 0.292. The van der Waals surface area contributed by atoms with Crippen LogP contribution in [0.25, 0.3) is 11.3 Å². The number of primary amides is 1. The highest BCUT2D eigenvalue weighted by molar-refractivity contribution is 6.00. The number of nitrogens with two attached hydrogens (primary N) is 1. The molecule has 0 bridgehead atoms. The Labute approximate surface area is 181 Å². The maximum Gasteiger partial charge on any atom is 0.255 e. The van der Waals surface area contributed by atoms with Gasteiger partial charge in [0, 0.05) is 30.9 Å². The van der Waals surface area contributed by atoms with Crippen molar-refractivity contribution in [3.05, 3.63) is 78.0 Å². The Morgan fingerprint density at radius 2 is 1.65 bits per heavy atom. The van der Waals surface area contributed by atoms with Gasteiger partial charge in [0.25, 0.3) is 5.91 Å². The first kappa shape index (κ1) is 20.8. The highest BCUT2D eigenvalue weighted by atomic mass is 16.2. The smallest absolute Gasteiger partial charge is 0.255 e. The van der Waals surface area contributed by atoms with Crippen molar-refractivity contribution in [1.82, 2.24) is 20.0 Å². The van der Waals surface area contributed by atoms with Crippen molar-refractivity contribution in [1.29, 1.82) is 0 Å². The molecular weight excluding hydrogens is 390 g/mol. The van der Waals surface area contributed by atoms with Crippen LogP contribution in [0, 0.1) is 0 Å². The minimum absolute atomic E-state index is 0.0673. The Balaban J connectivity index is 1.51. The summed E-state index contributed by atoms with van der Waals surface area (Å²) in [5, 5.41) is 7.89. The second kappa shape index (κ2) is 9.57. The third-order valence-corrected chi connectivity index (χ3v) is 5.54. The quantitative estimate of drug-likeness (QED) is 0.617. The number of carbonyl (C=O) groups is 2. The van der Waals surface area contributed by atoms with Crippen molar-refractivity contribution >= 4 is 11.8 Å². The van der Waals surface area contributed by atoms with Gasteiger partial charge in [-0.3, -0.25) is 19.2 Å². The number of hydrogen-bond acceptors (Lipinski definition) is 4. The maximum absolute atomic E-state index is 13.2. The molecule has 0 radical (unpaired) electrons. The van der Waals surface area contributed by atoms with Crippen molar-refractivity contribution in [2.45, 2.75) is 25.4 Å². The molecule has 1 aliphatic rings. The molecule has 1 aromatic heterocycles. The monoisotopic (exact) mass is 417 g/mol. The molecule has 0 unspecified atom stereocenters. The van der Waals surface area contributed by atoms with Gasteiger partial charge in [-0.05, 0) is 18.4 Å². The zero-order valence-corrected chi connectivity index (χ0v) is 17.4. The average molecular weight is 418 g/mol. The molecular formula is C24H27N5O2. The number of benzene rings is 2. The van der Waals surface area contributed by atoms with E-state index in [-0.39, 0.29) is 24.4 Å². The van der Waals surface area contributed by atoms with Crippen molar-refractivity contribution < 1.29 is 9.59 Å². The Bertz CT molecular complexity index is 1020. The van der Waals surface area contributed by atoms with E-state index in [0.717, 1.165) is 37.1 Å². The van der Waals surface area contributed by atoms with Crippen LogP contribution in [0.4, 0.5) is 0 Å². The van der Waals surface area contributed by atoms with Gasteiger partial charge >= 0.3 is 0 Å². The van der Waals surface area contributed by atoms with Gasteiger partial charge in [0.15, 0.2) is 0 Å². The molecule has 0 aliphatic carbocycles. The highest BCUT2D eigenvalue weighted by Crippen LogP contribution is 2.23. The largest absolute Gasteiger partial charge is 0.369 e. The summed E-state index contributed by atoms with van der Waals surface area (Å²) in [4.78, 5) is 26.3. The van der Waals surface area contributed by atoms with Crippen molar-refractivity contribution in [3.8, 4) is 11.3 Å². The van der Waals surface area contributed by atoms with Crippen LogP contribution in [-0.2, 0) is 11.3 Å². The van der Waals surface area contributed by atoms with Crippen molar-refractivity contribution in [3.63, 3.8) is 0 Å². The highest BCUT2D eigenvalue weighted by Gasteiger charge is 2.24. The number of rotatable bonds is 7. The summed E-state index contributed by atoms with van der Waals surface area (Å²) in [5.41, 5.74) is 8.57. The second-order valence-corrected chi connectivity index (χ2v) is 7.93. The standard InChI is InChI=1S/C24H27N5O2/c25-22(30)17-28-13-11-20(12-14-28)26-24(31)21-16-29(15-18-7-3-1-4-8-18)27-23(21)19-9-5-2-6-10-19/h1-10,16,20H,11-15,17H2,(H2,25,30)(H,26,31). The van der Waals surface area contributed by atoms with E-state index in [4.69, 9.17) is 10.8 Å². The zero-order valence-electron chi connectivity index (χ0n) is 17.4. The molecule has 160 valence electrons. The molecule has 4 rings (SSSR count). The number of hydrogen-bond donors (Lipinski definition) is 2. The maximum atomic E-state index is 13.2. The summed E-state index contributed by atoms with van der Waals surface area (Å²) in [6.45, 7) is 2.35. The normalized spacial score (nSPS) is 15.0. The summed E-state index contributed by atoms with van der Waals surface area (Å²) in [5.74, 6) is -0.438. The second-order valence-electron chi connectivity index (χ2n) is 7.93. The number of piperidine rings is 1. The SMILES string of the molecule is NC(=O)CN1CCC(NC(=O)c2cn(Cc3ccccc3)nc2-c2ccccc2)CC1. The molecule has 2 aromatic carbocycles. The third kappa shape index (κ3) is 5.38. The van der Waals surface area contributed by atoms with E-state index in [0.29, 0.717) is 17.8 Å². The van der Waals surface area contributed by atoms with Crippen LogP contribution in [0.3, 0.4) is 0 Å². The zero-order chi connectivity index (χ0) is 21.6. The van der Waals surface area contributed by atoms with Gasteiger partial charge in [-0.15, -0.1) is 0 Å². The summed E-state index contributed by atoms with van der Waals surface area (Å²) in [7, 11) is 0. The molecule has 2 heterocycles. The molecule has 7 nitrogen and oxygen atoms in total. The van der Waals surface area contributed by atoms with Crippen LogP contribution in [-0.4, -0.2) is 52.2 Å². The van der Waals surface area contributed by atoms with E-state index in [1.807, 2.05) is 76.4 Å². The van der Waals surface area contributed by atoms with Crippen LogP contribution in [0.1, 0.15) is 28.8 Å². The van der Waals surface area contributed by atoms with Gasteiger partial charge in [-0.25, -0.2) is 0 Å². The first-order chi connectivity index (χ1) is 15.1. The van der Waals surface area contributed by atoms with E-state index in [9.17, 15) is 9.59 Å². The number of amides is 2. The molecule has 3 N–H and O–H groups in total. The van der Waals surface area contributed by atoms with Crippen LogP contribution in [0.15, 0.2) is 66.9 Å². The topological polar surface area (TPSA) is 93.3 Å². The summed E-state index contributed by atoms with van der Waals surface area (Å²) < 4.78 is 1.82. The summed E-state index contributed by atoms with van der Waals surface area (Å²) in [6, 6.07) is 19.9. The fourth-order valence-corrected chi connectivity index (χ4v) is 3.97. The number of carbonyl (C=O) groups excluding carboxylic acids is 2. The van der Waals surface area contributed by atoms with E-state index >= 15 is 0 Å². The number of nitrogens with zero attached hydrogens (tertiary/aromatic N) is 3. The molecule has 2 amide bonds. The van der Waals surface area contributed by atoms with Crippen LogP contribution < -0.4 is 11.1 Å². The van der Waals surface area contributed by atoms with Crippen molar-refractivity contribution in [2.24, 2.45) is 5.73 Å². The van der Waals surface area contributed by atoms with Gasteiger partial charge in [0.1, 0.15) is 5.69 Å². The number of likely N-dealkylation sites (tertiary alicyclic amines) is 1. The van der Waals surface area contributed by atoms with Crippen LogP contribution in [0.2, 0.25) is 0 Å². The average Bonchev–Trinajstić information content (AvgIpc) is 3.20. The molecule has 0 saturated carbocycles.